The highest BCUT2D eigenvalue weighted by molar-refractivity contribution is 5.96. The Kier molecular flexibility index (Phi) is 7.85. The number of hydrogen-bond acceptors (Lipinski definition) is 4. The zero-order valence-corrected chi connectivity index (χ0v) is 18.6. The number of nitrogens with zero attached hydrogens (tertiary/aromatic N) is 1. The Balaban J connectivity index is 1.19. The Morgan fingerprint density at radius 1 is 0.848 bits per heavy atom. The van der Waals surface area contributed by atoms with Crippen LogP contribution in [0.5, 0.6) is 0 Å². The van der Waals surface area contributed by atoms with Crippen LogP contribution >= 0.6 is 0 Å². The van der Waals surface area contributed by atoms with Crippen LogP contribution in [-0.2, 0) is 16.1 Å². The third-order valence-corrected chi connectivity index (χ3v) is 5.66. The molecule has 6 heteroatoms. The molecule has 1 unspecified atom stereocenters. The van der Waals surface area contributed by atoms with Gasteiger partial charge in [-0.15, -0.1) is 0 Å². The predicted octanol–water partition coefficient (Wildman–Crippen LogP) is 3.10. The maximum Gasteiger partial charge on any atom is 0.251 e. The highest BCUT2D eigenvalue weighted by Gasteiger charge is 2.21. The van der Waals surface area contributed by atoms with Crippen LogP contribution in [0.3, 0.4) is 0 Å². The summed E-state index contributed by atoms with van der Waals surface area (Å²) in [7, 11) is 0. The molecule has 3 aromatic carbocycles. The normalized spacial score (nSPS) is 16.2. The van der Waals surface area contributed by atoms with E-state index in [2.05, 4.69) is 27.7 Å². The van der Waals surface area contributed by atoms with Gasteiger partial charge in [-0.1, -0.05) is 72.8 Å². The van der Waals surface area contributed by atoms with Gasteiger partial charge in [-0.05, 0) is 28.8 Å². The molecule has 1 aliphatic rings. The Morgan fingerprint density at radius 2 is 1.52 bits per heavy atom. The fourth-order valence-electron chi connectivity index (χ4n) is 3.89. The van der Waals surface area contributed by atoms with Gasteiger partial charge in [0.1, 0.15) is 0 Å². The van der Waals surface area contributed by atoms with E-state index in [9.17, 15) is 9.59 Å². The molecule has 1 aliphatic heterocycles. The Morgan fingerprint density at radius 3 is 2.24 bits per heavy atom. The number of rotatable bonds is 8. The maximum atomic E-state index is 12.4. The van der Waals surface area contributed by atoms with Crippen molar-refractivity contribution in [2.24, 2.45) is 0 Å². The first-order valence-corrected chi connectivity index (χ1v) is 11.3. The minimum absolute atomic E-state index is 0.0624. The second-order valence-electron chi connectivity index (χ2n) is 8.14. The van der Waals surface area contributed by atoms with Gasteiger partial charge < -0.3 is 15.4 Å². The van der Waals surface area contributed by atoms with E-state index >= 15 is 0 Å². The van der Waals surface area contributed by atoms with E-state index in [4.69, 9.17) is 4.74 Å². The molecule has 1 saturated heterocycles. The average Bonchev–Trinajstić information content (AvgIpc) is 2.87. The summed E-state index contributed by atoms with van der Waals surface area (Å²) in [4.78, 5) is 27.0. The lowest BCUT2D eigenvalue weighted by molar-refractivity contribution is -0.121. The molecule has 4 rings (SSSR count). The standard InChI is InChI=1S/C27H29N3O3/c31-26(28-17-25-20-30(15-16-33-25)19-21-7-3-1-4-8-21)18-29-27(32)24-13-11-23(12-14-24)22-9-5-2-6-10-22/h1-14,25H,15-20H2,(H,28,31)(H,29,32). The van der Waals surface area contributed by atoms with Crippen molar-refractivity contribution in [3.8, 4) is 11.1 Å². The van der Waals surface area contributed by atoms with Crippen LogP contribution in [0.1, 0.15) is 15.9 Å². The Labute approximate surface area is 194 Å². The smallest absolute Gasteiger partial charge is 0.251 e. The van der Waals surface area contributed by atoms with Crippen molar-refractivity contribution in [2.45, 2.75) is 12.6 Å². The van der Waals surface area contributed by atoms with Crippen molar-refractivity contribution in [3.05, 3.63) is 96.1 Å². The van der Waals surface area contributed by atoms with E-state index in [-0.39, 0.29) is 24.5 Å². The van der Waals surface area contributed by atoms with Crippen LogP contribution in [0.2, 0.25) is 0 Å². The van der Waals surface area contributed by atoms with Crippen LogP contribution in [0.25, 0.3) is 11.1 Å². The topological polar surface area (TPSA) is 70.7 Å². The lowest BCUT2D eigenvalue weighted by atomic mass is 10.0. The first-order valence-electron chi connectivity index (χ1n) is 11.3. The summed E-state index contributed by atoms with van der Waals surface area (Å²) < 4.78 is 5.80. The average molecular weight is 444 g/mol. The lowest BCUT2D eigenvalue weighted by Gasteiger charge is -2.33. The summed E-state index contributed by atoms with van der Waals surface area (Å²) in [5, 5.41) is 5.55. The van der Waals surface area contributed by atoms with Gasteiger partial charge in [-0.3, -0.25) is 14.5 Å². The Bertz CT molecular complexity index is 1040. The SMILES string of the molecule is O=C(CNC(=O)c1ccc(-c2ccccc2)cc1)NCC1CN(Cc2ccccc2)CCO1. The summed E-state index contributed by atoms with van der Waals surface area (Å²) in [6, 6.07) is 27.7. The van der Waals surface area contributed by atoms with Gasteiger partial charge >= 0.3 is 0 Å². The van der Waals surface area contributed by atoms with Crippen LogP contribution in [-0.4, -0.2) is 55.6 Å². The molecular weight excluding hydrogens is 414 g/mol. The van der Waals surface area contributed by atoms with Gasteiger partial charge in [0, 0.05) is 31.7 Å². The molecule has 0 aromatic heterocycles. The number of hydrogen-bond donors (Lipinski definition) is 2. The minimum Gasteiger partial charge on any atom is -0.374 e. The fraction of sp³-hybridized carbons (Fsp3) is 0.259. The van der Waals surface area contributed by atoms with Crippen molar-refractivity contribution in [1.82, 2.24) is 15.5 Å². The molecule has 0 radical (unpaired) electrons. The number of carbonyl (C=O) groups excluding carboxylic acids is 2. The number of carbonyl (C=O) groups is 2. The zero-order chi connectivity index (χ0) is 22.9. The number of nitrogens with one attached hydrogen (secondary N) is 2. The number of benzene rings is 3. The molecule has 1 atom stereocenters. The van der Waals surface area contributed by atoms with E-state index in [0.29, 0.717) is 18.7 Å². The molecule has 170 valence electrons. The maximum absolute atomic E-state index is 12.4. The van der Waals surface area contributed by atoms with Gasteiger partial charge in [0.15, 0.2) is 0 Å². The summed E-state index contributed by atoms with van der Waals surface area (Å²) in [6.45, 7) is 3.50. The monoisotopic (exact) mass is 443 g/mol. The fourth-order valence-corrected chi connectivity index (χ4v) is 3.89. The second kappa shape index (κ2) is 11.4. The van der Waals surface area contributed by atoms with Gasteiger partial charge in [0.25, 0.3) is 5.91 Å². The molecule has 0 bridgehead atoms. The molecule has 33 heavy (non-hydrogen) atoms. The van der Waals surface area contributed by atoms with Crippen molar-refractivity contribution in [2.75, 3.05) is 32.8 Å². The van der Waals surface area contributed by atoms with E-state index in [0.717, 1.165) is 30.8 Å². The van der Waals surface area contributed by atoms with Crippen LogP contribution in [0.4, 0.5) is 0 Å². The van der Waals surface area contributed by atoms with Gasteiger partial charge in [0.2, 0.25) is 5.91 Å². The van der Waals surface area contributed by atoms with Crippen LogP contribution in [0, 0.1) is 0 Å². The third-order valence-electron chi connectivity index (χ3n) is 5.66. The minimum atomic E-state index is -0.271. The quantitative estimate of drug-likeness (QED) is 0.561. The number of amides is 2. The molecule has 2 amide bonds. The molecule has 0 saturated carbocycles. The number of ether oxygens (including phenoxy) is 1. The van der Waals surface area contributed by atoms with E-state index in [1.807, 2.05) is 60.7 Å². The molecule has 0 spiro atoms. The van der Waals surface area contributed by atoms with Crippen molar-refractivity contribution in [1.29, 1.82) is 0 Å². The van der Waals surface area contributed by atoms with Crippen molar-refractivity contribution < 1.29 is 14.3 Å². The molecule has 1 fully saturated rings. The van der Waals surface area contributed by atoms with Crippen LogP contribution in [0.15, 0.2) is 84.9 Å². The predicted molar refractivity (Wildman–Crippen MR) is 129 cm³/mol. The molecule has 2 N–H and O–H groups in total. The molecule has 1 heterocycles. The summed E-state index contributed by atoms with van der Waals surface area (Å²) in [5.41, 5.74) is 3.92. The van der Waals surface area contributed by atoms with E-state index in [1.165, 1.54) is 5.56 Å². The summed E-state index contributed by atoms with van der Waals surface area (Å²) in [6.07, 6.45) is -0.0624. The van der Waals surface area contributed by atoms with E-state index in [1.54, 1.807) is 12.1 Å². The summed E-state index contributed by atoms with van der Waals surface area (Å²) >= 11 is 0. The first-order chi connectivity index (χ1) is 16.2. The van der Waals surface area contributed by atoms with Crippen LogP contribution < -0.4 is 10.6 Å². The van der Waals surface area contributed by atoms with Crippen molar-refractivity contribution >= 4 is 11.8 Å². The van der Waals surface area contributed by atoms with Gasteiger partial charge in [-0.2, -0.15) is 0 Å². The highest BCUT2D eigenvalue weighted by atomic mass is 16.5. The number of morpholine rings is 1. The largest absolute Gasteiger partial charge is 0.374 e. The molecule has 0 aliphatic carbocycles. The van der Waals surface area contributed by atoms with Gasteiger partial charge in [-0.25, -0.2) is 0 Å². The highest BCUT2D eigenvalue weighted by Crippen LogP contribution is 2.19. The second-order valence-corrected chi connectivity index (χ2v) is 8.14. The summed E-state index contributed by atoms with van der Waals surface area (Å²) in [5.74, 6) is -0.499. The molecule has 6 nitrogen and oxygen atoms in total. The third kappa shape index (κ3) is 6.75. The van der Waals surface area contributed by atoms with Gasteiger partial charge in [0.05, 0.1) is 19.3 Å². The molecular formula is C27H29N3O3. The molecule has 3 aromatic rings. The van der Waals surface area contributed by atoms with E-state index < -0.39 is 0 Å². The zero-order valence-electron chi connectivity index (χ0n) is 18.6. The van der Waals surface area contributed by atoms with Crippen molar-refractivity contribution in [3.63, 3.8) is 0 Å². The Hall–Kier alpha value is -3.48. The first kappa shape index (κ1) is 22.7. The lowest BCUT2D eigenvalue weighted by Crippen LogP contribution is -2.48.